The quantitative estimate of drug-likeness (QED) is 0.754. The number of carbonyl (C=O) groups excluding carboxylic acids is 1. The van der Waals surface area contributed by atoms with E-state index < -0.39 is 0 Å². The predicted molar refractivity (Wildman–Crippen MR) is 96.0 cm³/mol. The second-order valence-electron chi connectivity index (χ2n) is 6.73. The van der Waals surface area contributed by atoms with E-state index in [1.807, 2.05) is 17.0 Å². The molecule has 7 heteroatoms. The third kappa shape index (κ3) is 2.96. The molecule has 1 aromatic carbocycles. The Morgan fingerprint density at radius 1 is 1.35 bits per heavy atom. The summed E-state index contributed by atoms with van der Waals surface area (Å²) in [7, 11) is 0. The van der Waals surface area contributed by atoms with Gasteiger partial charge in [-0.25, -0.2) is 9.50 Å². The van der Waals surface area contributed by atoms with Crippen molar-refractivity contribution in [2.45, 2.75) is 32.2 Å². The van der Waals surface area contributed by atoms with Crippen molar-refractivity contribution in [3.8, 4) is 5.75 Å². The van der Waals surface area contributed by atoms with Crippen molar-refractivity contribution in [3.05, 3.63) is 63.7 Å². The van der Waals surface area contributed by atoms with Gasteiger partial charge in [0.2, 0.25) is 5.91 Å². The van der Waals surface area contributed by atoms with Crippen molar-refractivity contribution in [3.63, 3.8) is 0 Å². The minimum atomic E-state index is -0.158. The van der Waals surface area contributed by atoms with Crippen molar-refractivity contribution in [2.75, 3.05) is 6.54 Å². The van der Waals surface area contributed by atoms with Crippen molar-refractivity contribution in [2.24, 2.45) is 0 Å². The standard InChI is InChI=1S/C19H20N4O3/c1-12-8-19(26)23-17(20-12)11-15(21-23)16-6-3-7-22(16)18(25)10-13-4-2-5-14(24)9-13/h2,4-5,8-9,11,16,21,24H,3,6-7,10H2,1H3. The zero-order valence-corrected chi connectivity index (χ0v) is 14.5. The number of nitrogens with zero attached hydrogens (tertiary/aromatic N) is 3. The number of aromatic hydroxyl groups is 1. The van der Waals surface area contributed by atoms with Crippen LogP contribution in [0, 0.1) is 6.92 Å². The molecule has 1 aliphatic rings. The van der Waals surface area contributed by atoms with Crippen molar-refractivity contribution in [1.82, 2.24) is 19.5 Å². The largest absolute Gasteiger partial charge is 0.508 e. The minimum absolute atomic E-state index is 0.00763. The molecule has 0 radical (unpaired) electrons. The Morgan fingerprint density at radius 2 is 2.19 bits per heavy atom. The van der Waals surface area contributed by atoms with Gasteiger partial charge < -0.3 is 10.0 Å². The molecule has 1 fully saturated rings. The van der Waals surface area contributed by atoms with Gasteiger partial charge in [-0.05, 0) is 37.5 Å². The Hall–Kier alpha value is -3.09. The highest BCUT2D eigenvalue weighted by atomic mass is 16.3. The van der Waals surface area contributed by atoms with Crippen LogP contribution in [0.25, 0.3) is 5.65 Å². The van der Waals surface area contributed by atoms with E-state index in [0.29, 0.717) is 17.9 Å². The number of aromatic nitrogens is 3. The molecule has 1 unspecified atom stereocenters. The molecule has 2 N–H and O–H groups in total. The van der Waals surface area contributed by atoms with Crippen LogP contribution in [0.2, 0.25) is 0 Å². The van der Waals surface area contributed by atoms with E-state index in [9.17, 15) is 14.7 Å². The number of hydrogen-bond donors (Lipinski definition) is 2. The van der Waals surface area contributed by atoms with Crippen LogP contribution in [0.1, 0.15) is 35.8 Å². The summed E-state index contributed by atoms with van der Waals surface area (Å²) in [6.07, 6.45) is 1.99. The van der Waals surface area contributed by atoms with Gasteiger partial charge in [-0.1, -0.05) is 12.1 Å². The fourth-order valence-electron chi connectivity index (χ4n) is 3.63. The Labute approximate surface area is 149 Å². The number of fused-ring (bicyclic) bond motifs is 1. The summed E-state index contributed by atoms with van der Waals surface area (Å²) in [6.45, 7) is 2.47. The minimum Gasteiger partial charge on any atom is -0.508 e. The predicted octanol–water partition coefficient (Wildman–Crippen LogP) is 1.94. The van der Waals surface area contributed by atoms with Crippen LogP contribution in [0.4, 0.5) is 0 Å². The zero-order chi connectivity index (χ0) is 18.3. The molecular formula is C19H20N4O3. The van der Waals surface area contributed by atoms with Gasteiger partial charge in [0.25, 0.3) is 5.56 Å². The molecule has 0 spiro atoms. The van der Waals surface area contributed by atoms with Gasteiger partial charge in [0, 0.05) is 24.4 Å². The van der Waals surface area contributed by atoms with Crippen molar-refractivity contribution >= 4 is 11.6 Å². The number of carbonyl (C=O) groups is 1. The molecule has 0 bridgehead atoms. The average molecular weight is 352 g/mol. The molecule has 1 amide bonds. The van der Waals surface area contributed by atoms with Gasteiger partial charge in [0.1, 0.15) is 5.75 Å². The summed E-state index contributed by atoms with van der Waals surface area (Å²) in [5.74, 6) is 0.165. The third-order valence-corrected chi connectivity index (χ3v) is 4.80. The fraction of sp³-hybridized carbons (Fsp3) is 0.316. The number of aromatic amines is 1. The van der Waals surface area contributed by atoms with Gasteiger partial charge in [0.15, 0.2) is 5.65 Å². The number of H-pyrrole nitrogens is 1. The molecule has 1 saturated heterocycles. The molecular weight excluding hydrogens is 332 g/mol. The van der Waals surface area contributed by atoms with E-state index in [1.54, 1.807) is 25.1 Å². The average Bonchev–Trinajstić information content (AvgIpc) is 3.20. The zero-order valence-electron chi connectivity index (χ0n) is 14.5. The normalized spacial score (nSPS) is 17.1. The highest BCUT2D eigenvalue weighted by Gasteiger charge is 2.31. The van der Waals surface area contributed by atoms with Gasteiger partial charge in [-0.15, -0.1) is 0 Å². The van der Waals surface area contributed by atoms with E-state index in [2.05, 4.69) is 10.1 Å². The first kappa shape index (κ1) is 16.4. The summed E-state index contributed by atoms with van der Waals surface area (Å²) >= 11 is 0. The SMILES string of the molecule is Cc1cc(=O)n2[nH]c(C3CCCN3C(=O)Cc3cccc(O)c3)cc2n1. The van der Waals surface area contributed by atoms with E-state index in [0.717, 1.165) is 24.1 Å². The van der Waals surface area contributed by atoms with Gasteiger partial charge in [-0.2, -0.15) is 0 Å². The summed E-state index contributed by atoms with van der Waals surface area (Å²) in [5, 5.41) is 12.7. The maximum Gasteiger partial charge on any atom is 0.272 e. The molecule has 1 aliphatic heterocycles. The van der Waals surface area contributed by atoms with E-state index in [4.69, 9.17) is 0 Å². The lowest BCUT2D eigenvalue weighted by atomic mass is 10.1. The number of hydrogen-bond acceptors (Lipinski definition) is 4. The van der Waals surface area contributed by atoms with Crippen LogP contribution in [-0.2, 0) is 11.2 Å². The number of likely N-dealkylation sites (tertiary alicyclic amines) is 1. The third-order valence-electron chi connectivity index (χ3n) is 4.80. The van der Waals surface area contributed by atoms with Crippen molar-refractivity contribution < 1.29 is 9.90 Å². The van der Waals surface area contributed by atoms with Crippen LogP contribution < -0.4 is 5.56 Å². The number of benzene rings is 1. The summed E-state index contributed by atoms with van der Waals surface area (Å²) < 4.78 is 1.42. The van der Waals surface area contributed by atoms with Crippen LogP contribution >= 0.6 is 0 Å². The lowest BCUT2D eigenvalue weighted by Crippen LogP contribution is -2.32. The van der Waals surface area contributed by atoms with Crippen LogP contribution in [0.3, 0.4) is 0 Å². The van der Waals surface area contributed by atoms with Gasteiger partial charge in [-0.3, -0.25) is 14.7 Å². The van der Waals surface area contributed by atoms with Crippen LogP contribution in [0.15, 0.2) is 41.2 Å². The lowest BCUT2D eigenvalue weighted by Gasteiger charge is -2.24. The number of aryl methyl sites for hydroxylation is 1. The maximum atomic E-state index is 12.8. The summed E-state index contributed by atoms with van der Waals surface area (Å²) in [5.41, 5.74) is 2.68. The fourth-order valence-corrected chi connectivity index (χ4v) is 3.63. The van der Waals surface area contributed by atoms with Crippen molar-refractivity contribution in [1.29, 1.82) is 0 Å². The van der Waals surface area contributed by atoms with E-state index >= 15 is 0 Å². The highest BCUT2D eigenvalue weighted by molar-refractivity contribution is 5.79. The Kier molecular flexibility index (Phi) is 3.99. The highest BCUT2D eigenvalue weighted by Crippen LogP contribution is 2.32. The molecule has 0 aliphatic carbocycles. The molecule has 3 heterocycles. The van der Waals surface area contributed by atoms with E-state index in [-0.39, 0.29) is 29.7 Å². The summed E-state index contributed by atoms with van der Waals surface area (Å²) in [6, 6.07) is 9.99. The monoisotopic (exact) mass is 352 g/mol. The number of amides is 1. The first-order valence-electron chi connectivity index (χ1n) is 8.68. The Balaban J connectivity index is 1.61. The molecule has 2 aromatic heterocycles. The molecule has 0 saturated carbocycles. The molecule has 134 valence electrons. The maximum absolute atomic E-state index is 12.8. The molecule has 4 rings (SSSR count). The Morgan fingerprint density at radius 3 is 3.00 bits per heavy atom. The van der Waals surface area contributed by atoms with Crippen LogP contribution in [0.5, 0.6) is 5.75 Å². The first-order valence-corrected chi connectivity index (χ1v) is 8.68. The topological polar surface area (TPSA) is 90.7 Å². The number of phenolic OH excluding ortho intramolecular Hbond substituents is 1. The number of phenols is 1. The molecule has 26 heavy (non-hydrogen) atoms. The molecule has 3 aromatic rings. The van der Waals surface area contributed by atoms with Gasteiger partial charge in [0.05, 0.1) is 18.2 Å². The van der Waals surface area contributed by atoms with Crippen LogP contribution in [-0.4, -0.2) is 37.1 Å². The smallest absolute Gasteiger partial charge is 0.272 e. The lowest BCUT2D eigenvalue weighted by molar-refractivity contribution is -0.131. The second kappa shape index (κ2) is 6.33. The molecule has 7 nitrogen and oxygen atoms in total. The molecule has 1 atom stereocenters. The number of rotatable bonds is 3. The first-order chi connectivity index (χ1) is 12.5. The summed E-state index contributed by atoms with van der Waals surface area (Å²) in [4.78, 5) is 31.1. The van der Waals surface area contributed by atoms with Gasteiger partial charge >= 0.3 is 0 Å². The number of nitrogens with one attached hydrogen (secondary N) is 1. The second-order valence-corrected chi connectivity index (χ2v) is 6.73. The van der Waals surface area contributed by atoms with E-state index in [1.165, 1.54) is 10.6 Å². The Bertz CT molecular complexity index is 1040.